The molecular formula is C24H25N3O3S. The van der Waals surface area contributed by atoms with Crippen LogP contribution in [0.15, 0.2) is 52.8 Å². The van der Waals surface area contributed by atoms with Gasteiger partial charge in [0.15, 0.2) is 11.4 Å². The van der Waals surface area contributed by atoms with E-state index in [0.717, 1.165) is 46.0 Å². The number of aromatic nitrogens is 1. The molecule has 0 unspecified atom stereocenters. The lowest BCUT2D eigenvalue weighted by Gasteiger charge is -2.20. The molecular weight excluding hydrogens is 410 g/mol. The molecule has 1 fully saturated rings. The normalized spacial score (nSPS) is 16.7. The molecule has 0 radical (unpaired) electrons. The molecule has 2 aromatic carbocycles. The van der Waals surface area contributed by atoms with Crippen LogP contribution in [0.1, 0.15) is 38.6 Å². The number of carbonyl (C=O) groups is 1. The highest BCUT2D eigenvalue weighted by molar-refractivity contribution is 7.07. The first kappa shape index (κ1) is 19.9. The van der Waals surface area contributed by atoms with Crippen LogP contribution < -0.4 is 19.6 Å². The third-order valence-corrected chi connectivity index (χ3v) is 6.56. The van der Waals surface area contributed by atoms with Crippen molar-refractivity contribution in [3.8, 4) is 22.8 Å². The minimum Gasteiger partial charge on any atom is -0.492 e. The maximum Gasteiger partial charge on any atom is 0.262 e. The third kappa shape index (κ3) is 3.97. The molecule has 3 aromatic rings. The van der Waals surface area contributed by atoms with Gasteiger partial charge >= 0.3 is 0 Å². The quantitative estimate of drug-likeness (QED) is 0.592. The van der Waals surface area contributed by atoms with Crippen LogP contribution in [0.3, 0.4) is 0 Å². The highest BCUT2D eigenvalue weighted by atomic mass is 32.1. The summed E-state index contributed by atoms with van der Waals surface area (Å²) in [6.45, 7) is 2.65. The maximum atomic E-state index is 11.8. The Bertz CT molecular complexity index is 1170. The average molecular weight is 436 g/mol. The van der Waals surface area contributed by atoms with Gasteiger partial charge in [-0.05, 0) is 50.1 Å². The van der Waals surface area contributed by atoms with Crippen molar-refractivity contribution in [3.63, 3.8) is 0 Å². The summed E-state index contributed by atoms with van der Waals surface area (Å²) in [7, 11) is 0. The zero-order chi connectivity index (χ0) is 21.2. The fourth-order valence-electron chi connectivity index (χ4n) is 4.30. The highest BCUT2D eigenvalue weighted by Gasteiger charge is 2.23. The Morgan fingerprint density at radius 1 is 1.23 bits per heavy atom. The molecule has 2 heterocycles. The predicted octanol–water partition coefficient (Wildman–Crippen LogP) is 5.29. The van der Waals surface area contributed by atoms with E-state index < -0.39 is 0 Å². The SMILES string of the molecule is CCOc1ccccc1N=c1scc(-c2ccc3c(c2)NC(=O)CO3)n1C1CCCC1. The fourth-order valence-corrected chi connectivity index (χ4v) is 5.28. The molecule has 6 nitrogen and oxygen atoms in total. The van der Waals surface area contributed by atoms with E-state index in [1.54, 1.807) is 11.3 Å². The Labute approximate surface area is 185 Å². The first-order valence-electron chi connectivity index (χ1n) is 10.8. The molecule has 7 heteroatoms. The molecule has 160 valence electrons. The monoisotopic (exact) mass is 435 g/mol. The van der Waals surface area contributed by atoms with Gasteiger partial charge in [-0.2, -0.15) is 0 Å². The summed E-state index contributed by atoms with van der Waals surface area (Å²) in [4.78, 5) is 17.8. The van der Waals surface area contributed by atoms with Crippen LogP contribution in [0.25, 0.3) is 11.3 Å². The standard InChI is InChI=1S/C24H25N3O3S/c1-2-29-21-10-6-5-9-18(21)26-24-27(17-7-3-4-8-17)20(15-31-24)16-11-12-22-19(13-16)25-23(28)14-30-22/h5-6,9-13,15,17H,2-4,7-8,14H2,1H3,(H,25,28). The van der Waals surface area contributed by atoms with Gasteiger partial charge in [0.25, 0.3) is 5.91 Å². The van der Waals surface area contributed by atoms with Crippen LogP contribution in [0, 0.1) is 0 Å². The second-order valence-corrected chi connectivity index (χ2v) is 8.61. The summed E-state index contributed by atoms with van der Waals surface area (Å²) in [6, 6.07) is 14.3. The summed E-state index contributed by atoms with van der Waals surface area (Å²) in [5.74, 6) is 1.38. The minimum atomic E-state index is -0.123. The van der Waals surface area contributed by atoms with E-state index >= 15 is 0 Å². The number of benzene rings is 2. The smallest absolute Gasteiger partial charge is 0.262 e. The van der Waals surface area contributed by atoms with Gasteiger partial charge in [0, 0.05) is 17.0 Å². The van der Waals surface area contributed by atoms with Crippen LogP contribution in [0.2, 0.25) is 0 Å². The number of carbonyl (C=O) groups excluding carboxylic acids is 1. The molecule has 1 amide bonds. The first-order valence-corrected chi connectivity index (χ1v) is 11.6. The van der Waals surface area contributed by atoms with Gasteiger partial charge in [-0.1, -0.05) is 25.0 Å². The van der Waals surface area contributed by atoms with E-state index in [1.807, 2.05) is 43.3 Å². The molecule has 1 N–H and O–H groups in total. The van der Waals surface area contributed by atoms with Gasteiger partial charge in [-0.15, -0.1) is 11.3 Å². The Balaban J connectivity index is 1.63. The van der Waals surface area contributed by atoms with E-state index in [0.29, 0.717) is 18.4 Å². The van der Waals surface area contributed by atoms with Crippen molar-refractivity contribution < 1.29 is 14.3 Å². The maximum absolute atomic E-state index is 11.8. The van der Waals surface area contributed by atoms with Crippen molar-refractivity contribution in [3.05, 3.63) is 52.6 Å². The second kappa shape index (κ2) is 8.59. The summed E-state index contributed by atoms with van der Waals surface area (Å²) < 4.78 is 13.7. The van der Waals surface area contributed by atoms with Crippen molar-refractivity contribution in [2.45, 2.75) is 38.6 Å². The molecule has 2 aliphatic rings. The number of ether oxygens (including phenoxy) is 2. The third-order valence-electron chi connectivity index (χ3n) is 5.72. The van der Waals surface area contributed by atoms with Crippen molar-refractivity contribution in [2.24, 2.45) is 4.99 Å². The van der Waals surface area contributed by atoms with Crippen LogP contribution in [-0.4, -0.2) is 23.7 Å². The van der Waals surface area contributed by atoms with Gasteiger partial charge in [0.2, 0.25) is 0 Å². The van der Waals surface area contributed by atoms with E-state index in [-0.39, 0.29) is 12.5 Å². The number of anilines is 1. The Kier molecular flexibility index (Phi) is 5.51. The largest absolute Gasteiger partial charge is 0.492 e. The number of hydrogen-bond acceptors (Lipinski definition) is 5. The Morgan fingerprint density at radius 2 is 2.06 bits per heavy atom. The van der Waals surface area contributed by atoms with E-state index in [4.69, 9.17) is 14.5 Å². The fraction of sp³-hybridized carbons (Fsp3) is 0.333. The zero-order valence-electron chi connectivity index (χ0n) is 17.5. The van der Waals surface area contributed by atoms with Crippen molar-refractivity contribution >= 4 is 28.6 Å². The van der Waals surface area contributed by atoms with E-state index in [1.165, 1.54) is 12.8 Å². The van der Waals surface area contributed by atoms with Crippen LogP contribution in [0.5, 0.6) is 11.5 Å². The van der Waals surface area contributed by atoms with Gasteiger partial charge in [-0.25, -0.2) is 4.99 Å². The van der Waals surface area contributed by atoms with Crippen LogP contribution >= 0.6 is 11.3 Å². The number of hydrogen-bond donors (Lipinski definition) is 1. The average Bonchev–Trinajstić information content (AvgIpc) is 3.44. The minimum absolute atomic E-state index is 0.0646. The molecule has 0 bridgehead atoms. The van der Waals surface area contributed by atoms with Gasteiger partial charge < -0.3 is 19.4 Å². The molecule has 0 saturated heterocycles. The van der Waals surface area contributed by atoms with Crippen LogP contribution in [0.4, 0.5) is 11.4 Å². The highest BCUT2D eigenvalue weighted by Crippen LogP contribution is 2.37. The zero-order valence-corrected chi connectivity index (χ0v) is 18.3. The number of para-hydroxylation sites is 2. The number of rotatable bonds is 5. The first-order chi connectivity index (χ1) is 15.2. The van der Waals surface area contributed by atoms with Crippen molar-refractivity contribution in [1.29, 1.82) is 0 Å². The predicted molar refractivity (Wildman–Crippen MR) is 122 cm³/mol. The molecule has 5 rings (SSSR count). The molecule has 1 aliphatic heterocycles. The van der Waals surface area contributed by atoms with Crippen molar-refractivity contribution in [2.75, 3.05) is 18.5 Å². The summed E-state index contributed by atoms with van der Waals surface area (Å²) in [5.41, 5.74) is 3.73. The number of thiazole rings is 1. The molecule has 31 heavy (non-hydrogen) atoms. The molecule has 1 saturated carbocycles. The van der Waals surface area contributed by atoms with Crippen molar-refractivity contribution in [1.82, 2.24) is 4.57 Å². The number of nitrogens with one attached hydrogen (secondary N) is 1. The van der Waals surface area contributed by atoms with Crippen LogP contribution in [-0.2, 0) is 4.79 Å². The lowest BCUT2D eigenvalue weighted by Crippen LogP contribution is -2.25. The van der Waals surface area contributed by atoms with Gasteiger partial charge in [0.05, 0.1) is 18.0 Å². The number of nitrogens with zero attached hydrogens (tertiary/aromatic N) is 2. The summed E-state index contributed by atoms with van der Waals surface area (Å²) in [5, 5.41) is 5.08. The second-order valence-electron chi connectivity index (χ2n) is 7.77. The summed E-state index contributed by atoms with van der Waals surface area (Å²) in [6.07, 6.45) is 4.76. The van der Waals surface area contributed by atoms with E-state index in [2.05, 4.69) is 21.3 Å². The lowest BCUT2D eigenvalue weighted by atomic mass is 10.1. The number of fused-ring (bicyclic) bond motifs is 1. The molecule has 0 atom stereocenters. The Morgan fingerprint density at radius 3 is 2.90 bits per heavy atom. The topological polar surface area (TPSA) is 64.8 Å². The number of amides is 1. The van der Waals surface area contributed by atoms with Gasteiger partial charge in [0.1, 0.15) is 17.2 Å². The van der Waals surface area contributed by atoms with Gasteiger partial charge in [-0.3, -0.25) is 4.79 Å². The summed E-state index contributed by atoms with van der Waals surface area (Å²) >= 11 is 1.64. The lowest BCUT2D eigenvalue weighted by molar-refractivity contribution is -0.118. The van der Waals surface area contributed by atoms with E-state index in [9.17, 15) is 4.79 Å². The molecule has 1 aliphatic carbocycles. The molecule has 0 spiro atoms. The Hall–Kier alpha value is -3.06. The molecule has 1 aromatic heterocycles.